The molecule has 1 atom stereocenters. The highest BCUT2D eigenvalue weighted by Gasteiger charge is 2.18. The van der Waals surface area contributed by atoms with E-state index < -0.39 is 5.97 Å². The number of hydrogen-bond acceptors (Lipinski definition) is 2. The zero-order valence-corrected chi connectivity index (χ0v) is 7.16. The number of nitrogens with one attached hydrogen (secondary N) is 1. The lowest BCUT2D eigenvalue weighted by molar-refractivity contribution is 0.0696. The Hall–Kier alpha value is -1.35. The number of rotatable bonds is 2. The zero-order valence-electron chi connectivity index (χ0n) is 7.16. The van der Waals surface area contributed by atoms with Crippen LogP contribution in [0, 0.1) is 0 Å². The van der Waals surface area contributed by atoms with Crippen molar-refractivity contribution in [1.29, 1.82) is 0 Å². The van der Waals surface area contributed by atoms with Crippen LogP contribution < -0.4 is 5.32 Å². The molecule has 1 aliphatic rings. The first-order valence-electron chi connectivity index (χ1n) is 4.34. The van der Waals surface area contributed by atoms with Crippen molar-refractivity contribution in [3.63, 3.8) is 0 Å². The van der Waals surface area contributed by atoms with E-state index in [0.29, 0.717) is 11.6 Å². The van der Waals surface area contributed by atoms with Crippen molar-refractivity contribution in [2.75, 3.05) is 6.54 Å². The first-order valence-corrected chi connectivity index (χ1v) is 4.34. The lowest BCUT2D eigenvalue weighted by Crippen LogP contribution is -2.34. The highest BCUT2D eigenvalue weighted by molar-refractivity contribution is 5.87. The standard InChI is InChI=1S/C10H11NO2/c12-10(13)8-3-1-2-7(6-8)9-4-5-11-9/h1-3,6,9,11H,4-5H2,(H,12,13). The molecular weight excluding hydrogens is 166 g/mol. The number of benzene rings is 1. The van der Waals surface area contributed by atoms with E-state index in [1.807, 2.05) is 6.07 Å². The summed E-state index contributed by atoms with van der Waals surface area (Å²) in [4.78, 5) is 10.7. The van der Waals surface area contributed by atoms with Crippen molar-refractivity contribution in [3.05, 3.63) is 35.4 Å². The topological polar surface area (TPSA) is 49.3 Å². The predicted octanol–water partition coefficient (Wildman–Crippen LogP) is 1.42. The third kappa shape index (κ3) is 1.55. The van der Waals surface area contributed by atoms with E-state index >= 15 is 0 Å². The summed E-state index contributed by atoms with van der Waals surface area (Å²) in [6, 6.07) is 7.46. The molecule has 1 aromatic rings. The maximum absolute atomic E-state index is 10.7. The summed E-state index contributed by atoms with van der Waals surface area (Å²) < 4.78 is 0. The number of carboxylic acid groups (broad SMARTS) is 1. The highest BCUT2D eigenvalue weighted by atomic mass is 16.4. The Balaban J connectivity index is 2.26. The molecule has 0 aliphatic carbocycles. The molecule has 0 spiro atoms. The first kappa shape index (κ1) is 8.26. The van der Waals surface area contributed by atoms with E-state index in [-0.39, 0.29) is 0 Å². The maximum atomic E-state index is 10.7. The van der Waals surface area contributed by atoms with Gasteiger partial charge in [-0.3, -0.25) is 0 Å². The van der Waals surface area contributed by atoms with E-state index in [1.165, 1.54) is 0 Å². The van der Waals surface area contributed by atoms with Crippen molar-refractivity contribution in [2.45, 2.75) is 12.5 Å². The van der Waals surface area contributed by atoms with Gasteiger partial charge in [-0.05, 0) is 30.7 Å². The van der Waals surface area contributed by atoms with Gasteiger partial charge in [-0.1, -0.05) is 12.1 Å². The molecule has 0 radical (unpaired) electrons. The molecular formula is C10H11NO2. The molecule has 1 unspecified atom stereocenters. The fourth-order valence-corrected chi connectivity index (χ4v) is 1.46. The summed E-state index contributed by atoms with van der Waals surface area (Å²) in [5.41, 5.74) is 1.44. The number of carbonyl (C=O) groups is 1. The highest BCUT2D eigenvalue weighted by Crippen LogP contribution is 2.23. The molecule has 1 aliphatic heterocycles. The van der Waals surface area contributed by atoms with Gasteiger partial charge in [-0.15, -0.1) is 0 Å². The van der Waals surface area contributed by atoms with Gasteiger partial charge in [0, 0.05) is 6.04 Å². The monoisotopic (exact) mass is 177 g/mol. The summed E-state index contributed by atoms with van der Waals surface area (Å²) in [6.45, 7) is 1.03. The summed E-state index contributed by atoms with van der Waals surface area (Å²) >= 11 is 0. The smallest absolute Gasteiger partial charge is 0.335 e. The third-order valence-corrected chi connectivity index (χ3v) is 2.36. The normalized spacial score (nSPS) is 20.8. The van der Waals surface area contributed by atoms with E-state index in [2.05, 4.69) is 5.32 Å². The average Bonchev–Trinajstić information content (AvgIpc) is 2.01. The minimum absolute atomic E-state index is 0.360. The Bertz CT molecular complexity index is 331. The molecule has 2 rings (SSSR count). The van der Waals surface area contributed by atoms with E-state index in [1.54, 1.807) is 18.2 Å². The number of hydrogen-bond donors (Lipinski definition) is 2. The fraction of sp³-hybridized carbons (Fsp3) is 0.300. The Kier molecular flexibility index (Phi) is 2.02. The average molecular weight is 177 g/mol. The van der Waals surface area contributed by atoms with Crippen molar-refractivity contribution in [2.24, 2.45) is 0 Å². The summed E-state index contributed by atoms with van der Waals surface area (Å²) in [5.74, 6) is -0.860. The molecule has 13 heavy (non-hydrogen) atoms. The van der Waals surface area contributed by atoms with Crippen LogP contribution in [0.5, 0.6) is 0 Å². The van der Waals surface area contributed by atoms with Crippen LogP contribution in [-0.2, 0) is 0 Å². The van der Waals surface area contributed by atoms with E-state index in [4.69, 9.17) is 5.11 Å². The summed E-state index contributed by atoms with van der Waals surface area (Å²) in [7, 11) is 0. The minimum Gasteiger partial charge on any atom is -0.478 e. The molecule has 3 nitrogen and oxygen atoms in total. The molecule has 1 fully saturated rings. The molecule has 0 saturated carbocycles. The maximum Gasteiger partial charge on any atom is 0.335 e. The lowest BCUT2D eigenvalue weighted by Gasteiger charge is -2.28. The molecule has 1 saturated heterocycles. The van der Waals surface area contributed by atoms with Gasteiger partial charge < -0.3 is 10.4 Å². The molecule has 1 heterocycles. The Morgan fingerprint density at radius 3 is 2.85 bits per heavy atom. The quantitative estimate of drug-likeness (QED) is 0.718. The van der Waals surface area contributed by atoms with Crippen molar-refractivity contribution in [1.82, 2.24) is 5.32 Å². The SMILES string of the molecule is O=C(O)c1cccc(C2CCN2)c1. The van der Waals surface area contributed by atoms with Crippen molar-refractivity contribution >= 4 is 5.97 Å². The first-order chi connectivity index (χ1) is 6.27. The van der Waals surface area contributed by atoms with E-state index in [9.17, 15) is 4.79 Å². The summed E-state index contributed by atoms with van der Waals surface area (Å²) in [5, 5.41) is 12.0. The van der Waals surface area contributed by atoms with Crippen LogP contribution in [0.25, 0.3) is 0 Å². The molecule has 68 valence electrons. The third-order valence-electron chi connectivity index (χ3n) is 2.36. The number of aromatic carboxylic acids is 1. The Labute approximate surface area is 76.4 Å². The van der Waals surface area contributed by atoms with Crippen LogP contribution in [0.1, 0.15) is 28.4 Å². The molecule has 0 bridgehead atoms. The van der Waals surface area contributed by atoms with Crippen LogP contribution >= 0.6 is 0 Å². The molecule has 0 amide bonds. The minimum atomic E-state index is -0.860. The van der Waals surface area contributed by atoms with Crippen LogP contribution in [0.15, 0.2) is 24.3 Å². The molecule has 2 N–H and O–H groups in total. The molecule has 3 heteroatoms. The van der Waals surface area contributed by atoms with Crippen molar-refractivity contribution < 1.29 is 9.90 Å². The molecule has 1 aromatic carbocycles. The van der Waals surface area contributed by atoms with Crippen LogP contribution in [-0.4, -0.2) is 17.6 Å². The number of carboxylic acids is 1. The zero-order chi connectivity index (χ0) is 9.26. The van der Waals surface area contributed by atoms with Crippen LogP contribution in [0.2, 0.25) is 0 Å². The van der Waals surface area contributed by atoms with Gasteiger partial charge in [-0.25, -0.2) is 4.79 Å². The second-order valence-electron chi connectivity index (χ2n) is 3.23. The second-order valence-corrected chi connectivity index (χ2v) is 3.23. The van der Waals surface area contributed by atoms with Crippen LogP contribution in [0.4, 0.5) is 0 Å². The van der Waals surface area contributed by atoms with Crippen molar-refractivity contribution in [3.8, 4) is 0 Å². The Morgan fingerprint density at radius 2 is 2.31 bits per heavy atom. The predicted molar refractivity (Wildman–Crippen MR) is 48.8 cm³/mol. The van der Waals surface area contributed by atoms with Crippen LogP contribution in [0.3, 0.4) is 0 Å². The lowest BCUT2D eigenvalue weighted by atomic mass is 9.96. The largest absolute Gasteiger partial charge is 0.478 e. The van der Waals surface area contributed by atoms with Gasteiger partial charge in [0.2, 0.25) is 0 Å². The summed E-state index contributed by atoms with van der Waals surface area (Å²) in [6.07, 6.45) is 1.10. The Morgan fingerprint density at radius 1 is 1.54 bits per heavy atom. The van der Waals surface area contributed by atoms with Gasteiger partial charge in [0.1, 0.15) is 0 Å². The van der Waals surface area contributed by atoms with Gasteiger partial charge in [0.15, 0.2) is 0 Å². The second kappa shape index (κ2) is 3.18. The van der Waals surface area contributed by atoms with E-state index in [0.717, 1.165) is 18.5 Å². The van der Waals surface area contributed by atoms with Gasteiger partial charge in [0.05, 0.1) is 5.56 Å². The van der Waals surface area contributed by atoms with Gasteiger partial charge in [-0.2, -0.15) is 0 Å². The fourth-order valence-electron chi connectivity index (χ4n) is 1.46. The molecule has 0 aromatic heterocycles. The van der Waals surface area contributed by atoms with Gasteiger partial charge >= 0.3 is 5.97 Å². The van der Waals surface area contributed by atoms with Gasteiger partial charge in [0.25, 0.3) is 0 Å².